The van der Waals surface area contributed by atoms with Crippen molar-refractivity contribution in [1.82, 2.24) is 0 Å². The zero-order valence-corrected chi connectivity index (χ0v) is 16.6. The summed E-state index contributed by atoms with van der Waals surface area (Å²) in [5.74, 6) is 0. The number of halogens is 1. The van der Waals surface area contributed by atoms with Gasteiger partial charge in [-0.25, -0.2) is 0 Å². The van der Waals surface area contributed by atoms with Gasteiger partial charge in [0.15, 0.2) is 0 Å². The van der Waals surface area contributed by atoms with Gasteiger partial charge in [0.05, 0.1) is 4.34 Å². The minimum absolute atomic E-state index is 0.860. The molecule has 0 spiro atoms. The lowest BCUT2D eigenvalue weighted by Crippen LogP contribution is -1.66. The molecule has 0 radical (unpaired) electrons. The quantitative estimate of drug-likeness (QED) is 0.329. The first-order valence-corrected chi connectivity index (χ1v) is 10.8. The Morgan fingerprint density at radius 2 is 1.17 bits per heavy atom. The molecule has 0 bridgehead atoms. The number of hydrogen-bond acceptors (Lipinski definition) is 4. The molecular weight excluding hydrogens is 380 g/mol. The first kappa shape index (κ1) is 15.6. The van der Waals surface area contributed by atoms with Crippen molar-refractivity contribution in [2.24, 2.45) is 0 Å². The van der Waals surface area contributed by atoms with Gasteiger partial charge in [0.1, 0.15) is 0 Å². The zero-order valence-electron chi connectivity index (χ0n) is 12.6. The second-order valence-corrected chi connectivity index (χ2v) is 10.4. The molecule has 0 unspecified atom stereocenters. The summed E-state index contributed by atoms with van der Waals surface area (Å²) in [6, 6.07) is 15.4. The van der Waals surface area contributed by atoms with Crippen molar-refractivity contribution in [2.45, 2.75) is 13.8 Å². The first-order valence-electron chi connectivity index (χ1n) is 7.13. The maximum atomic E-state index is 6.14. The second-order valence-electron chi connectivity index (χ2n) is 5.30. The summed E-state index contributed by atoms with van der Waals surface area (Å²) in [6.45, 7) is 4.28. The molecule has 0 fully saturated rings. The molecule has 23 heavy (non-hydrogen) atoms. The number of hydrogen-bond donors (Lipinski definition) is 0. The Labute approximate surface area is 156 Å². The van der Waals surface area contributed by atoms with E-state index in [9.17, 15) is 0 Å². The molecule has 4 heterocycles. The van der Waals surface area contributed by atoms with Crippen LogP contribution in [0.25, 0.3) is 29.3 Å². The predicted octanol–water partition coefficient (Wildman–Crippen LogP) is 8.20. The van der Waals surface area contributed by atoms with Gasteiger partial charge in [0, 0.05) is 34.1 Å². The molecule has 4 rings (SSSR count). The van der Waals surface area contributed by atoms with E-state index in [-0.39, 0.29) is 0 Å². The number of aryl methyl sites for hydroxylation is 2. The van der Waals surface area contributed by atoms with Crippen LogP contribution < -0.4 is 0 Å². The molecule has 5 heteroatoms. The maximum Gasteiger partial charge on any atom is 0.0937 e. The van der Waals surface area contributed by atoms with Gasteiger partial charge in [-0.15, -0.1) is 45.3 Å². The van der Waals surface area contributed by atoms with Crippen LogP contribution in [0.1, 0.15) is 10.4 Å². The largest absolute Gasteiger partial charge is 0.140 e. The highest BCUT2D eigenvalue weighted by Gasteiger charge is 2.12. The van der Waals surface area contributed by atoms with Crippen LogP contribution in [0.4, 0.5) is 0 Å². The van der Waals surface area contributed by atoms with E-state index in [1.54, 1.807) is 11.3 Å². The Kier molecular flexibility index (Phi) is 4.20. The number of thiophene rings is 4. The van der Waals surface area contributed by atoms with Crippen molar-refractivity contribution in [3.05, 3.63) is 57.2 Å². The molecule has 0 aliphatic carbocycles. The minimum Gasteiger partial charge on any atom is -0.140 e. The summed E-state index contributed by atoms with van der Waals surface area (Å²) in [5.41, 5.74) is 1.26. The first-order chi connectivity index (χ1) is 11.1. The highest BCUT2D eigenvalue weighted by Crippen LogP contribution is 2.44. The SMILES string of the molecule is Cc1ccc(-c2ccc(-c3ccc(-c4sc(Cl)cc4C)s3)s2)s1. The van der Waals surface area contributed by atoms with Crippen LogP contribution in [0, 0.1) is 13.8 Å². The van der Waals surface area contributed by atoms with Gasteiger partial charge in [-0.3, -0.25) is 0 Å². The fourth-order valence-corrected chi connectivity index (χ4v) is 6.98. The van der Waals surface area contributed by atoms with Crippen LogP contribution in [-0.2, 0) is 0 Å². The van der Waals surface area contributed by atoms with Crippen molar-refractivity contribution in [2.75, 3.05) is 0 Å². The summed E-state index contributed by atoms with van der Waals surface area (Å²) in [6.07, 6.45) is 0. The predicted molar refractivity (Wildman–Crippen MR) is 109 cm³/mol. The van der Waals surface area contributed by atoms with Gasteiger partial charge in [-0.2, -0.15) is 0 Å². The molecule has 0 N–H and O–H groups in total. The molecule has 0 atom stereocenters. The monoisotopic (exact) mass is 392 g/mol. The molecule has 0 saturated heterocycles. The molecule has 4 aromatic rings. The van der Waals surface area contributed by atoms with E-state index in [1.165, 1.54) is 39.7 Å². The molecule has 0 aliphatic rings. The Hall–Kier alpha value is -0.910. The van der Waals surface area contributed by atoms with Crippen molar-refractivity contribution in [3.63, 3.8) is 0 Å². The van der Waals surface area contributed by atoms with Gasteiger partial charge in [-0.05, 0) is 61.9 Å². The summed E-state index contributed by atoms with van der Waals surface area (Å²) < 4.78 is 0.860. The Morgan fingerprint density at radius 3 is 1.70 bits per heavy atom. The fraction of sp³-hybridized carbons (Fsp3) is 0.111. The standard InChI is InChI=1S/C18H13ClS4/c1-10-9-17(19)23-18(10)16-8-7-15(22-16)14-6-5-13(21-14)12-4-3-11(2)20-12/h3-9H,1-2H3. The van der Waals surface area contributed by atoms with E-state index in [4.69, 9.17) is 11.6 Å². The van der Waals surface area contributed by atoms with E-state index in [0.29, 0.717) is 0 Å². The van der Waals surface area contributed by atoms with Crippen LogP contribution in [-0.4, -0.2) is 0 Å². The summed E-state index contributed by atoms with van der Waals surface area (Å²) in [5, 5.41) is 0. The van der Waals surface area contributed by atoms with Crippen LogP contribution in [0.5, 0.6) is 0 Å². The lowest BCUT2D eigenvalue weighted by atomic mass is 10.2. The highest BCUT2D eigenvalue weighted by molar-refractivity contribution is 7.29. The van der Waals surface area contributed by atoms with Crippen molar-refractivity contribution in [1.29, 1.82) is 0 Å². The Balaban J connectivity index is 1.67. The molecule has 0 aliphatic heterocycles. The van der Waals surface area contributed by atoms with Crippen LogP contribution in [0.3, 0.4) is 0 Å². The third kappa shape index (κ3) is 3.06. The lowest BCUT2D eigenvalue weighted by Gasteiger charge is -1.94. The van der Waals surface area contributed by atoms with Crippen LogP contribution in [0.2, 0.25) is 4.34 Å². The molecule has 0 amide bonds. The van der Waals surface area contributed by atoms with E-state index < -0.39 is 0 Å². The van der Waals surface area contributed by atoms with Gasteiger partial charge < -0.3 is 0 Å². The van der Waals surface area contributed by atoms with Crippen molar-refractivity contribution >= 4 is 56.9 Å². The van der Waals surface area contributed by atoms with Crippen molar-refractivity contribution < 1.29 is 0 Å². The van der Waals surface area contributed by atoms with Gasteiger partial charge in [0.2, 0.25) is 0 Å². The average Bonchev–Trinajstić information content (AvgIpc) is 3.24. The highest BCUT2D eigenvalue weighted by atomic mass is 35.5. The van der Waals surface area contributed by atoms with Crippen LogP contribution in [0.15, 0.2) is 42.5 Å². The Morgan fingerprint density at radius 1 is 0.652 bits per heavy atom. The fourth-order valence-electron chi connectivity index (χ4n) is 2.45. The topological polar surface area (TPSA) is 0 Å². The average molecular weight is 393 g/mol. The summed E-state index contributed by atoms with van der Waals surface area (Å²) >= 11 is 13.4. The Bertz CT molecular complexity index is 967. The summed E-state index contributed by atoms with van der Waals surface area (Å²) in [4.78, 5) is 9.32. The smallest absolute Gasteiger partial charge is 0.0937 e. The molecule has 116 valence electrons. The molecule has 0 nitrogen and oxygen atoms in total. The van der Waals surface area contributed by atoms with E-state index in [0.717, 1.165) is 4.34 Å². The molecular formula is C18H13ClS4. The minimum atomic E-state index is 0.860. The van der Waals surface area contributed by atoms with Gasteiger partial charge in [0.25, 0.3) is 0 Å². The maximum absolute atomic E-state index is 6.14. The van der Waals surface area contributed by atoms with E-state index in [2.05, 4.69) is 50.2 Å². The molecule has 0 aromatic carbocycles. The third-order valence-electron chi connectivity index (χ3n) is 3.55. The van der Waals surface area contributed by atoms with Crippen molar-refractivity contribution in [3.8, 4) is 29.3 Å². The number of rotatable bonds is 3. The van der Waals surface area contributed by atoms with Crippen LogP contribution >= 0.6 is 56.9 Å². The molecule has 0 saturated carbocycles. The molecule has 4 aromatic heterocycles. The second kappa shape index (κ2) is 6.19. The summed E-state index contributed by atoms with van der Waals surface area (Å²) in [7, 11) is 0. The van der Waals surface area contributed by atoms with Gasteiger partial charge in [-0.1, -0.05) is 11.6 Å². The normalized spacial score (nSPS) is 11.3. The van der Waals surface area contributed by atoms with Gasteiger partial charge >= 0.3 is 0 Å². The van der Waals surface area contributed by atoms with E-state index in [1.807, 2.05) is 40.1 Å². The lowest BCUT2D eigenvalue weighted by molar-refractivity contribution is 1.56. The van der Waals surface area contributed by atoms with E-state index >= 15 is 0 Å². The third-order valence-corrected chi connectivity index (χ3v) is 8.66. The zero-order chi connectivity index (χ0) is 16.0.